The first-order valence-corrected chi connectivity index (χ1v) is 12.0. The van der Waals surface area contributed by atoms with Crippen LogP contribution in [0.25, 0.3) is 21.7 Å². The lowest BCUT2D eigenvalue weighted by Gasteiger charge is -2.35. The zero-order valence-corrected chi connectivity index (χ0v) is 19.4. The van der Waals surface area contributed by atoms with E-state index in [0.29, 0.717) is 30.2 Å². The Morgan fingerprint density at radius 1 is 1.03 bits per heavy atom. The highest BCUT2D eigenvalue weighted by molar-refractivity contribution is 7.15. The van der Waals surface area contributed by atoms with Crippen LogP contribution in [0.1, 0.15) is 40.6 Å². The van der Waals surface area contributed by atoms with E-state index in [2.05, 4.69) is 9.97 Å². The van der Waals surface area contributed by atoms with Crippen molar-refractivity contribution >= 4 is 17.2 Å². The predicted octanol–water partition coefficient (Wildman–Crippen LogP) is 6.29. The molecule has 1 amide bonds. The van der Waals surface area contributed by atoms with Gasteiger partial charge in [-0.3, -0.25) is 4.79 Å². The molecule has 2 aromatic heterocycles. The molecular formula is C26H23F2N3O2S. The van der Waals surface area contributed by atoms with Crippen molar-refractivity contribution in [3.63, 3.8) is 0 Å². The van der Waals surface area contributed by atoms with Crippen molar-refractivity contribution in [1.82, 2.24) is 14.9 Å². The largest absolute Gasteiger partial charge is 0.448 e. The van der Waals surface area contributed by atoms with Crippen LogP contribution in [-0.4, -0.2) is 33.4 Å². The molecule has 2 aromatic carbocycles. The van der Waals surface area contributed by atoms with Crippen LogP contribution >= 0.6 is 11.3 Å². The van der Waals surface area contributed by atoms with Gasteiger partial charge in [-0.2, -0.15) is 0 Å². The summed E-state index contributed by atoms with van der Waals surface area (Å²) in [6.45, 7) is 2.50. The molecule has 174 valence electrons. The molecule has 0 bridgehead atoms. The van der Waals surface area contributed by atoms with Gasteiger partial charge < -0.3 is 9.32 Å². The monoisotopic (exact) mass is 479 g/mol. The molecule has 0 spiro atoms. The summed E-state index contributed by atoms with van der Waals surface area (Å²) in [5, 5.41) is 0.785. The van der Waals surface area contributed by atoms with Crippen molar-refractivity contribution in [1.29, 1.82) is 0 Å². The molecule has 0 aliphatic carbocycles. The zero-order chi connectivity index (χ0) is 23.7. The lowest BCUT2D eigenvalue weighted by molar-refractivity contribution is 0.0601. The SMILES string of the molecule is Cc1nc(C(=O)N2CCCCC2Cc2nc(-c3ccc(F)cc3)co2)c(-c2ccc(F)cc2)s1. The summed E-state index contributed by atoms with van der Waals surface area (Å²) < 4.78 is 32.4. The Hall–Kier alpha value is -3.39. The quantitative estimate of drug-likeness (QED) is 0.338. The minimum absolute atomic E-state index is 0.0657. The lowest BCUT2D eigenvalue weighted by atomic mass is 9.98. The van der Waals surface area contributed by atoms with Gasteiger partial charge in [0.15, 0.2) is 5.89 Å². The fourth-order valence-corrected chi connectivity index (χ4v) is 5.26. The number of thiazole rings is 1. The summed E-state index contributed by atoms with van der Waals surface area (Å²) in [6.07, 6.45) is 4.83. The van der Waals surface area contributed by atoms with Gasteiger partial charge in [0.2, 0.25) is 0 Å². The number of benzene rings is 2. The predicted molar refractivity (Wildman–Crippen MR) is 127 cm³/mol. The van der Waals surface area contributed by atoms with Gasteiger partial charge in [-0.25, -0.2) is 18.7 Å². The van der Waals surface area contributed by atoms with E-state index in [-0.39, 0.29) is 23.6 Å². The second-order valence-corrected chi connectivity index (χ2v) is 9.61. The Labute approximate surface area is 200 Å². The first kappa shape index (κ1) is 22.4. The maximum atomic E-state index is 13.6. The van der Waals surface area contributed by atoms with Gasteiger partial charge in [0.25, 0.3) is 5.91 Å². The van der Waals surface area contributed by atoms with Crippen LogP contribution in [0.5, 0.6) is 0 Å². The van der Waals surface area contributed by atoms with E-state index < -0.39 is 0 Å². The number of piperidine rings is 1. The summed E-state index contributed by atoms with van der Waals surface area (Å²) in [6, 6.07) is 12.2. The number of aromatic nitrogens is 2. The van der Waals surface area contributed by atoms with Crippen molar-refractivity contribution in [3.05, 3.63) is 83.0 Å². The minimum atomic E-state index is -0.320. The van der Waals surface area contributed by atoms with Crippen molar-refractivity contribution in [2.75, 3.05) is 6.54 Å². The van der Waals surface area contributed by atoms with Gasteiger partial charge in [-0.15, -0.1) is 11.3 Å². The molecule has 0 radical (unpaired) electrons. The van der Waals surface area contributed by atoms with Crippen molar-refractivity contribution in [3.8, 4) is 21.7 Å². The van der Waals surface area contributed by atoms with E-state index in [9.17, 15) is 13.6 Å². The molecule has 1 aliphatic rings. The first-order valence-electron chi connectivity index (χ1n) is 11.2. The average Bonchev–Trinajstić information content (AvgIpc) is 3.47. The van der Waals surface area contributed by atoms with E-state index in [4.69, 9.17) is 4.42 Å². The topological polar surface area (TPSA) is 59.2 Å². The van der Waals surface area contributed by atoms with Gasteiger partial charge in [0.1, 0.15) is 29.3 Å². The van der Waals surface area contributed by atoms with E-state index in [1.807, 2.05) is 11.8 Å². The van der Waals surface area contributed by atoms with E-state index in [1.165, 1.54) is 35.6 Å². The molecule has 1 fully saturated rings. The fourth-order valence-electron chi connectivity index (χ4n) is 4.34. The van der Waals surface area contributed by atoms with Gasteiger partial charge in [0.05, 0.1) is 9.88 Å². The molecule has 34 heavy (non-hydrogen) atoms. The number of carbonyl (C=O) groups is 1. The van der Waals surface area contributed by atoms with Crippen LogP contribution < -0.4 is 0 Å². The summed E-state index contributed by atoms with van der Waals surface area (Å²) in [5.74, 6) is -0.211. The van der Waals surface area contributed by atoms with Crippen LogP contribution in [0, 0.1) is 18.6 Å². The number of oxazole rings is 1. The Morgan fingerprint density at radius 2 is 1.71 bits per heavy atom. The average molecular weight is 480 g/mol. The fraction of sp³-hybridized carbons (Fsp3) is 0.269. The number of hydrogen-bond donors (Lipinski definition) is 0. The molecule has 0 saturated carbocycles. The molecule has 1 saturated heterocycles. The molecule has 1 atom stereocenters. The summed E-state index contributed by atoms with van der Waals surface area (Å²) in [5.41, 5.74) is 2.59. The molecule has 1 aliphatic heterocycles. The molecule has 5 nitrogen and oxygen atoms in total. The number of rotatable bonds is 5. The smallest absolute Gasteiger partial charge is 0.274 e. The number of nitrogens with zero attached hydrogens (tertiary/aromatic N) is 3. The van der Waals surface area contributed by atoms with Crippen LogP contribution in [0.3, 0.4) is 0 Å². The maximum absolute atomic E-state index is 13.6. The van der Waals surface area contributed by atoms with Crippen LogP contribution in [0.2, 0.25) is 0 Å². The first-order chi connectivity index (χ1) is 16.5. The molecular weight excluding hydrogens is 456 g/mol. The third-order valence-electron chi connectivity index (χ3n) is 6.03. The van der Waals surface area contributed by atoms with Crippen LogP contribution in [-0.2, 0) is 6.42 Å². The number of aryl methyl sites for hydroxylation is 1. The second-order valence-electron chi connectivity index (χ2n) is 8.40. The van der Waals surface area contributed by atoms with E-state index in [1.54, 1.807) is 30.5 Å². The summed E-state index contributed by atoms with van der Waals surface area (Å²) >= 11 is 1.43. The molecule has 3 heterocycles. The van der Waals surface area contributed by atoms with Gasteiger partial charge in [0, 0.05) is 24.6 Å². The Kier molecular flexibility index (Phi) is 6.24. The molecule has 0 N–H and O–H groups in total. The van der Waals surface area contributed by atoms with Crippen molar-refractivity contribution in [2.24, 2.45) is 0 Å². The Balaban J connectivity index is 1.38. The van der Waals surface area contributed by atoms with E-state index in [0.717, 1.165) is 40.3 Å². The zero-order valence-electron chi connectivity index (χ0n) is 18.6. The molecule has 5 rings (SSSR count). The number of halogens is 2. The highest BCUT2D eigenvalue weighted by Gasteiger charge is 2.32. The maximum Gasteiger partial charge on any atom is 0.274 e. The van der Waals surface area contributed by atoms with Crippen molar-refractivity contribution in [2.45, 2.75) is 38.6 Å². The Morgan fingerprint density at radius 3 is 2.41 bits per heavy atom. The van der Waals surface area contributed by atoms with E-state index >= 15 is 0 Å². The van der Waals surface area contributed by atoms with Crippen LogP contribution in [0.4, 0.5) is 8.78 Å². The second kappa shape index (κ2) is 9.46. The number of carbonyl (C=O) groups excluding carboxylic acids is 1. The standard InChI is InChI=1S/C26H23F2N3O2S/c1-16-29-24(25(34-16)18-7-11-20(28)12-8-18)26(32)31-13-3-2-4-21(31)14-23-30-22(15-33-23)17-5-9-19(27)10-6-17/h5-12,15,21H,2-4,13-14H2,1H3. The van der Waals surface area contributed by atoms with Gasteiger partial charge in [-0.05, 0) is 68.1 Å². The Bertz CT molecular complexity index is 1300. The van der Waals surface area contributed by atoms with Crippen molar-refractivity contribution < 1.29 is 18.0 Å². The van der Waals surface area contributed by atoms with Gasteiger partial charge >= 0.3 is 0 Å². The third-order valence-corrected chi connectivity index (χ3v) is 7.05. The van der Waals surface area contributed by atoms with Crippen LogP contribution in [0.15, 0.2) is 59.2 Å². The normalized spacial score (nSPS) is 16.1. The highest BCUT2D eigenvalue weighted by Crippen LogP contribution is 2.33. The number of amides is 1. The third kappa shape index (κ3) is 4.63. The molecule has 4 aromatic rings. The highest BCUT2D eigenvalue weighted by atomic mass is 32.1. The summed E-state index contributed by atoms with van der Waals surface area (Å²) in [4.78, 5) is 25.4. The van der Waals surface area contributed by atoms with Gasteiger partial charge in [-0.1, -0.05) is 12.1 Å². The molecule has 8 heteroatoms. The summed E-state index contributed by atoms with van der Waals surface area (Å²) in [7, 11) is 0. The lowest BCUT2D eigenvalue weighted by Crippen LogP contribution is -2.45. The molecule has 1 unspecified atom stereocenters. The number of likely N-dealkylation sites (tertiary alicyclic amines) is 1. The minimum Gasteiger partial charge on any atom is -0.448 e. The number of hydrogen-bond acceptors (Lipinski definition) is 5.